The van der Waals surface area contributed by atoms with Gasteiger partial charge in [-0.15, -0.1) is 0 Å². The quantitative estimate of drug-likeness (QED) is 0.526. The number of hydrazine groups is 1. The maximum Gasteiger partial charge on any atom is 0.148 e. The van der Waals surface area contributed by atoms with Crippen LogP contribution in [0.5, 0.6) is 0 Å². The summed E-state index contributed by atoms with van der Waals surface area (Å²) in [5.74, 6) is 10.8. The summed E-state index contributed by atoms with van der Waals surface area (Å²) in [6, 6.07) is 0.385. The lowest BCUT2D eigenvalue weighted by atomic mass is 10.2. The Morgan fingerprint density at radius 3 is 2.63 bits per heavy atom. The van der Waals surface area contributed by atoms with Crippen molar-refractivity contribution in [3.05, 3.63) is 11.4 Å². The second-order valence-electron chi connectivity index (χ2n) is 5.03. The lowest BCUT2D eigenvalue weighted by Gasteiger charge is -2.18. The van der Waals surface area contributed by atoms with Crippen molar-refractivity contribution in [2.24, 2.45) is 5.84 Å². The first kappa shape index (κ1) is 14.4. The molecule has 0 aliphatic heterocycles. The predicted molar refractivity (Wildman–Crippen MR) is 82.6 cm³/mol. The molecule has 1 aliphatic carbocycles. The number of nitrogen functional groups attached to an aromatic ring is 1. The van der Waals surface area contributed by atoms with Crippen molar-refractivity contribution in [2.75, 3.05) is 22.2 Å². The van der Waals surface area contributed by atoms with Crippen molar-refractivity contribution in [1.29, 1.82) is 0 Å². The Kier molecular flexibility index (Phi) is 4.87. The van der Waals surface area contributed by atoms with Gasteiger partial charge in [0.25, 0.3) is 0 Å². The van der Waals surface area contributed by atoms with Gasteiger partial charge in [0.05, 0.1) is 0 Å². The third-order valence-corrected chi connectivity index (χ3v) is 4.34. The maximum atomic E-state index is 5.55. The zero-order chi connectivity index (χ0) is 13.8. The molecule has 1 atom stereocenters. The van der Waals surface area contributed by atoms with Gasteiger partial charge >= 0.3 is 0 Å². The van der Waals surface area contributed by atoms with Crippen molar-refractivity contribution >= 4 is 23.4 Å². The first-order valence-corrected chi connectivity index (χ1v) is 8.00. The van der Waals surface area contributed by atoms with E-state index < -0.39 is 0 Å². The van der Waals surface area contributed by atoms with E-state index in [2.05, 4.69) is 34.6 Å². The fraction of sp³-hybridized carbons (Fsp3) is 0.692. The van der Waals surface area contributed by atoms with Crippen LogP contribution in [0, 0.1) is 6.92 Å². The molecule has 0 amide bonds. The minimum Gasteiger partial charge on any atom is -0.366 e. The van der Waals surface area contributed by atoms with Crippen molar-refractivity contribution in [3.8, 4) is 0 Å². The number of hydrogen-bond donors (Lipinski definition) is 3. The van der Waals surface area contributed by atoms with Crippen LogP contribution in [0.3, 0.4) is 0 Å². The monoisotopic (exact) mass is 281 g/mol. The van der Waals surface area contributed by atoms with Crippen LogP contribution in [0.4, 0.5) is 11.6 Å². The summed E-state index contributed by atoms with van der Waals surface area (Å²) in [5.41, 5.74) is 3.67. The van der Waals surface area contributed by atoms with Gasteiger partial charge in [-0.2, -0.15) is 11.8 Å². The number of aromatic nitrogens is 2. The van der Waals surface area contributed by atoms with Crippen LogP contribution in [0.25, 0.3) is 0 Å². The molecule has 1 aromatic heterocycles. The molecule has 0 radical (unpaired) electrons. The van der Waals surface area contributed by atoms with Gasteiger partial charge in [0.2, 0.25) is 0 Å². The molecule has 1 aromatic rings. The SMILES string of the molecule is CCSCC(C)Nc1nc(C2CC2)nc(NN)c1C. The molecule has 2 rings (SSSR count). The first-order chi connectivity index (χ1) is 9.15. The zero-order valence-electron chi connectivity index (χ0n) is 11.9. The summed E-state index contributed by atoms with van der Waals surface area (Å²) in [5, 5.41) is 3.48. The summed E-state index contributed by atoms with van der Waals surface area (Å²) in [6.07, 6.45) is 2.38. The van der Waals surface area contributed by atoms with Gasteiger partial charge in [0, 0.05) is 23.3 Å². The Balaban J connectivity index is 2.15. The van der Waals surface area contributed by atoms with Gasteiger partial charge < -0.3 is 10.7 Å². The molecule has 4 N–H and O–H groups in total. The molecule has 0 saturated heterocycles. The van der Waals surface area contributed by atoms with E-state index in [1.54, 1.807) is 0 Å². The minimum absolute atomic E-state index is 0.385. The number of nitrogens with zero attached hydrogens (tertiary/aromatic N) is 2. The fourth-order valence-electron chi connectivity index (χ4n) is 1.91. The second-order valence-corrected chi connectivity index (χ2v) is 6.35. The molecule has 0 spiro atoms. The molecule has 5 nitrogen and oxygen atoms in total. The highest BCUT2D eigenvalue weighted by atomic mass is 32.2. The Labute approximate surface area is 119 Å². The summed E-state index contributed by atoms with van der Waals surface area (Å²) in [4.78, 5) is 9.15. The van der Waals surface area contributed by atoms with Crippen LogP contribution >= 0.6 is 11.8 Å². The van der Waals surface area contributed by atoms with Gasteiger partial charge in [-0.1, -0.05) is 6.92 Å². The summed E-state index contributed by atoms with van der Waals surface area (Å²) in [7, 11) is 0. The highest BCUT2D eigenvalue weighted by Gasteiger charge is 2.28. The standard InChI is InChI=1S/C13H23N5S/c1-4-19-7-8(2)15-11-9(3)12(18-14)17-13(16-11)10-5-6-10/h8,10H,4-7,14H2,1-3H3,(H2,15,16,17,18). The number of thioether (sulfide) groups is 1. The summed E-state index contributed by atoms with van der Waals surface area (Å²) in [6.45, 7) is 6.35. The second kappa shape index (κ2) is 6.43. The third-order valence-electron chi connectivity index (χ3n) is 3.20. The van der Waals surface area contributed by atoms with Crippen LogP contribution < -0.4 is 16.6 Å². The zero-order valence-corrected chi connectivity index (χ0v) is 12.7. The van der Waals surface area contributed by atoms with E-state index in [0.29, 0.717) is 12.0 Å². The summed E-state index contributed by atoms with van der Waals surface area (Å²) >= 11 is 1.93. The third kappa shape index (κ3) is 3.73. The predicted octanol–water partition coefficient (Wildman–Crippen LogP) is 2.50. The number of rotatable bonds is 7. The largest absolute Gasteiger partial charge is 0.366 e. The Morgan fingerprint density at radius 2 is 2.05 bits per heavy atom. The number of anilines is 2. The highest BCUT2D eigenvalue weighted by molar-refractivity contribution is 7.99. The number of nitrogens with one attached hydrogen (secondary N) is 2. The van der Waals surface area contributed by atoms with Crippen molar-refractivity contribution in [3.63, 3.8) is 0 Å². The van der Waals surface area contributed by atoms with E-state index >= 15 is 0 Å². The fourth-order valence-corrected chi connectivity index (χ4v) is 2.58. The van der Waals surface area contributed by atoms with E-state index in [4.69, 9.17) is 5.84 Å². The van der Waals surface area contributed by atoms with Gasteiger partial charge in [0.1, 0.15) is 17.5 Å². The lowest BCUT2D eigenvalue weighted by Crippen LogP contribution is -2.21. The minimum atomic E-state index is 0.385. The van der Waals surface area contributed by atoms with E-state index in [9.17, 15) is 0 Å². The lowest BCUT2D eigenvalue weighted by molar-refractivity contribution is 0.866. The van der Waals surface area contributed by atoms with E-state index in [0.717, 1.165) is 34.5 Å². The first-order valence-electron chi connectivity index (χ1n) is 6.85. The van der Waals surface area contributed by atoms with Crippen LogP contribution in [0.1, 0.15) is 44.0 Å². The molecule has 0 bridgehead atoms. The molecule has 19 heavy (non-hydrogen) atoms. The topological polar surface area (TPSA) is 75.9 Å². The smallest absolute Gasteiger partial charge is 0.148 e. The Hall–Kier alpha value is -1.01. The average Bonchev–Trinajstić information content (AvgIpc) is 3.23. The van der Waals surface area contributed by atoms with Crippen LogP contribution in [-0.2, 0) is 0 Å². The number of hydrogen-bond acceptors (Lipinski definition) is 6. The van der Waals surface area contributed by atoms with Crippen molar-refractivity contribution in [1.82, 2.24) is 9.97 Å². The highest BCUT2D eigenvalue weighted by Crippen LogP contribution is 2.39. The van der Waals surface area contributed by atoms with Crippen molar-refractivity contribution < 1.29 is 0 Å². The summed E-state index contributed by atoms with van der Waals surface area (Å²) < 4.78 is 0. The van der Waals surface area contributed by atoms with Crippen LogP contribution in [-0.4, -0.2) is 27.5 Å². The molecule has 106 valence electrons. The molecular weight excluding hydrogens is 258 g/mol. The number of nitrogens with two attached hydrogens (primary N) is 1. The van der Waals surface area contributed by atoms with Crippen molar-refractivity contribution in [2.45, 2.75) is 45.6 Å². The molecule has 1 heterocycles. The molecule has 1 aliphatic rings. The van der Waals surface area contributed by atoms with Gasteiger partial charge in [-0.05, 0) is 32.4 Å². The Morgan fingerprint density at radius 1 is 1.37 bits per heavy atom. The molecule has 6 heteroatoms. The molecule has 0 aromatic carbocycles. The normalized spacial score (nSPS) is 16.2. The Bertz CT molecular complexity index is 433. The molecule has 1 unspecified atom stereocenters. The van der Waals surface area contributed by atoms with Gasteiger partial charge in [-0.25, -0.2) is 15.8 Å². The molecular formula is C13H23N5S. The average molecular weight is 281 g/mol. The van der Waals surface area contributed by atoms with Crippen LogP contribution in [0.2, 0.25) is 0 Å². The maximum absolute atomic E-state index is 5.55. The van der Waals surface area contributed by atoms with Crippen LogP contribution in [0.15, 0.2) is 0 Å². The molecule has 1 fully saturated rings. The van der Waals surface area contributed by atoms with E-state index in [-0.39, 0.29) is 0 Å². The van der Waals surface area contributed by atoms with E-state index in [1.807, 2.05) is 18.7 Å². The van der Waals surface area contributed by atoms with Gasteiger partial charge in [0.15, 0.2) is 0 Å². The van der Waals surface area contributed by atoms with E-state index in [1.165, 1.54) is 12.8 Å². The molecule has 1 saturated carbocycles. The van der Waals surface area contributed by atoms with Gasteiger partial charge in [-0.3, -0.25) is 0 Å².